The molecule has 0 fully saturated rings. The maximum absolute atomic E-state index is 12.4. The summed E-state index contributed by atoms with van der Waals surface area (Å²) in [5.74, 6) is 0.654. The number of hydrogen-bond acceptors (Lipinski definition) is 5. The maximum atomic E-state index is 12.4. The van der Waals surface area contributed by atoms with Crippen molar-refractivity contribution in [3.05, 3.63) is 64.2 Å². The van der Waals surface area contributed by atoms with E-state index >= 15 is 0 Å². The molecule has 0 aliphatic rings. The summed E-state index contributed by atoms with van der Waals surface area (Å²) in [7, 11) is -2.40. The van der Waals surface area contributed by atoms with Crippen LogP contribution in [-0.2, 0) is 10.0 Å². The van der Waals surface area contributed by atoms with Crippen molar-refractivity contribution >= 4 is 15.7 Å². The van der Waals surface area contributed by atoms with Crippen LogP contribution in [0.2, 0.25) is 0 Å². The molecular weight excluding hydrogens is 332 g/mol. The van der Waals surface area contributed by atoms with Gasteiger partial charge in [-0.2, -0.15) is 4.31 Å². The number of nitro benzene ring substituents is 1. The van der Waals surface area contributed by atoms with E-state index in [1.54, 1.807) is 0 Å². The number of rotatable bonds is 7. The number of benzene rings is 2. The van der Waals surface area contributed by atoms with Gasteiger partial charge in [0.25, 0.3) is 5.69 Å². The molecule has 7 nitrogen and oxygen atoms in total. The van der Waals surface area contributed by atoms with Crippen molar-refractivity contribution in [3.8, 4) is 5.75 Å². The largest absolute Gasteiger partial charge is 0.492 e. The fourth-order valence-corrected chi connectivity index (χ4v) is 3.18. The molecule has 8 heteroatoms. The molecule has 24 heavy (non-hydrogen) atoms. The van der Waals surface area contributed by atoms with Crippen LogP contribution in [0.1, 0.15) is 5.56 Å². The van der Waals surface area contributed by atoms with Crippen molar-refractivity contribution in [1.29, 1.82) is 0 Å². The number of non-ortho nitro benzene ring substituents is 1. The molecule has 0 aromatic heterocycles. The van der Waals surface area contributed by atoms with Crippen molar-refractivity contribution in [2.24, 2.45) is 0 Å². The van der Waals surface area contributed by atoms with Crippen molar-refractivity contribution in [2.75, 3.05) is 20.2 Å². The van der Waals surface area contributed by atoms with Gasteiger partial charge in [0.15, 0.2) is 0 Å². The molecule has 2 aromatic rings. The Labute approximate surface area is 140 Å². The summed E-state index contributed by atoms with van der Waals surface area (Å²) in [6, 6.07) is 12.4. The Morgan fingerprint density at radius 2 is 1.83 bits per heavy atom. The second kappa shape index (κ2) is 7.41. The summed E-state index contributed by atoms with van der Waals surface area (Å²) < 4.78 is 31.5. The highest BCUT2D eigenvalue weighted by molar-refractivity contribution is 7.89. The van der Waals surface area contributed by atoms with Gasteiger partial charge in [0, 0.05) is 25.7 Å². The van der Waals surface area contributed by atoms with E-state index in [1.165, 1.54) is 25.2 Å². The highest BCUT2D eigenvalue weighted by Crippen LogP contribution is 2.20. The molecule has 0 bridgehead atoms. The molecular formula is C16H18N2O5S. The lowest BCUT2D eigenvalue weighted by Gasteiger charge is -2.17. The molecule has 0 radical (unpaired) electrons. The number of sulfonamides is 1. The first kappa shape index (κ1) is 17.9. The Balaban J connectivity index is 2.02. The minimum Gasteiger partial charge on any atom is -0.492 e. The molecule has 0 atom stereocenters. The van der Waals surface area contributed by atoms with Crippen LogP contribution in [0.4, 0.5) is 5.69 Å². The van der Waals surface area contributed by atoms with Crippen LogP contribution in [0.25, 0.3) is 0 Å². The second-order valence-corrected chi connectivity index (χ2v) is 7.29. The van der Waals surface area contributed by atoms with Crippen molar-refractivity contribution in [2.45, 2.75) is 11.8 Å². The second-order valence-electron chi connectivity index (χ2n) is 5.24. The normalized spacial score (nSPS) is 11.5. The molecule has 0 heterocycles. The lowest BCUT2D eigenvalue weighted by molar-refractivity contribution is -0.385. The topological polar surface area (TPSA) is 89.8 Å². The van der Waals surface area contributed by atoms with E-state index in [0.29, 0.717) is 5.75 Å². The average Bonchev–Trinajstić information content (AvgIpc) is 2.56. The number of ether oxygens (including phenoxy) is 1. The van der Waals surface area contributed by atoms with Crippen LogP contribution >= 0.6 is 0 Å². The third-order valence-electron chi connectivity index (χ3n) is 3.43. The molecule has 0 amide bonds. The van der Waals surface area contributed by atoms with E-state index < -0.39 is 14.9 Å². The summed E-state index contributed by atoms with van der Waals surface area (Å²) in [5, 5.41) is 10.8. The number of likely N-dealkylation sites (N-methyl/N-ethyl adjacent to an activating group) is 1. The highest BCUT2D eigenvalue weighted by Gasteiger charge is 2.22. The van der Waals surface area contributed by atoms with Crippen LogP contribution < -0.4 is 4.74 Å². The van der Waals surface area contributed by atoms with Gasteiger partial charge in [-0.3, -0.25) is 10.1 Å². The molecule has 0 unspecified atom stereocenters. The van der Waals surface area contributed by atoms with Gasteiger partial charge in [0.1, 0.15) is 12.4 Å². The SMILES string of the molecule is Cc1ccc(OCCN(C)S(=O)(=O)c2cccc([N+](=O)[O-])c2)cc1. The van der Waals surface area contributed by atoms with E-state index in [0.717, 1.165) is 15.9 Å². The summed E-state index contributed by atoms with van der Waals surface area (Å²) in [6.45, 7) is 2.26. The summed E-state index contributed by atoms with van der Waals surface area (Å²) in [5.41, 5.74) is 0.841. The van der Waals surface area contributed by atoms with E-state index in [-0.39, 0.29) is 23.7 Å². The molecule has 2 aromatic carbocycles. The maximum Gasteiger partial charge on any atom is 0.270 e. The zero-order valence-electron chi connectivity index (χ0n) is 13.4. The predicted molar refractivity (Wildman–Crippen MR) is 89.6 cm³/mol. The Morgan fingerprint density at radius 3 is 2.46 bits per heavy atom. The number of hydrogen-bond donors (Lipinski definition) is 0. The van der Waals surface area contributed by atoms with Crippen LogP contribution in [-0.4, -0.2) is 37.8 Å². The van der Waals surface area contributed by atoms with Gasteiger partial charge in [0.05, 0.1) is 9.82 Å². The number of nitro groups is 1. The molecule has 2 rings (SSSR count). The third kappa shape index (κ3) is 4.30. The van der Waals surface area contributed by atoms with E-state index in [4.69, 9.17) is 4.74 Å². The van der Waals surface area contributed by atoms with Crippen LogP contribution in [0.5, 0.6) is 5.75 Å². The van der Waals surface area contributed by atoms with Gasteiger partial charge in [-0.25, -0.2) is 8.42 Å². The predicted octanol–water partition coefficient (Wildman–Crippen LogP) is 2.60. The lowest BCUT2D eigenvalue weighted by atomic mass is 10.2. The van der Waals surface area contributed by atoms with Crippen molar-refractivity contribution in [1.82, 2.24) is 4.31 Å². The number of aryl methyl sites for hydroxylation is 1. The fraction of sp³-hybridized carbons (Fsp3) is 0.250. The van der Waals surface area contributed by atoms with Gasteiger partial charge in [-0.15, -0.1) is 0 Å². The van der Waals surface area contributed by atoms with E-state index in [9.17, 15) is 18.5 Å². The quantitative estimate of drug-likeness (QED) is 0.565. The van der Waals surface area contributed by atoms with Crippen molar-refractivity contribution in [3.63, 3.8) is 0 Å². The Morgan fingerprint density at radius 1 is 1.17 bits per heavy atom. The summed E-state index contributed by atoms with van der Waals surface area (Å²) in [4.78, 5) is 10.0. The molecule has 0 saturated carbocycles. The van der Waals surface area contributed by atoms with Gasteiger partial charge in [-0.1, -0.05) is 23.8 Å². The molecule has 0 aliphatic heterocycles. The standard InChI is InChI=1S/C16H18N2O5S/c1-13-6-8-15(9-7-13)23-11-10-17(2)24(21,22)16-5-3-4-14(12-16)18(19)20/h3-9,12H,10-11H2,1-2H3. The third-order valence-corrected chi connectivity index (χ3v) is 5.29. The van der Waals surface area contributed by atoms with Crippen LogP contribution in [0, 0.1) is 17.0 Å². The lowest BCUT2D eigenvalue weighted by Crippen LogP contribution is -2.31. The molecule has 0 aliphatic carbocycles. The van der Waals surface area contributed by atoms with E-state index in [2.05, 4.69) is 0 Å². The number of nitrogens with zero attached hydrogens (tertiary/aromatic N) is 2. The van der Waals surface area contributed by atoms with Gasteiger partial charge < -0.3 is 4.74 Å². The summed E-state index contributed by atoms with van der Waals surface area (Å²) >= 11 is 0. The van der Waals surface area contributed by atoms with E-state index in [1.807, 2.05) is 31.2 Å². The highest BCUT2D eigenvalue weighted by atomic mass is 32.2. The zero-order valence-corrected chi connectivity index (χ0v) is 14.2. The van der Waals surface area contributed by atoms with Gasteiger partial charge in [-0.05, 0) is 25.1 Å². The smallest absolute Gasteiger partial charge is 0.270 e. The molecule has 0 saturated heterocycles. The Bertz CT molecular complexity index is 819. The fourth-order valence-electron chi connectivity index (χ4n) is 1.98. The monoisotopic (exact) mass is 350 g/mol. The molecule has 0 spiro atoms. The van der Waals surface area contributed by atoms with Crippen LogP contribution in [0.3, 0.4) is 0 Å². The minimum absolute atomic E-state index is 0.116. The zero-order chi connectivity index (χ0) is 17.7. The Hall–Kier alpha value is -2.45. The Kier molecular flexibility index (Phi) is 5.53. The average molecular weight is 350 g/mol. The summed E-state index contributed by atoms with van der Waals surface area (Å²) in [6.07, 6.45) is 0. The minimum atomic E-state index is -3.81. The van der Waals surface area contributed by atoms with Gasteiger partial charge in [0.2, 0.25) is 10.0 Å². The van der Waals surface area contributed by atoms with Crippen molar-refractivity contribution < 1.29 is 18.1 Å². The first-order chi connectivity index (χ1) is 11.3. The first-order valence-corrected chi connectivity index (χ1v) is 8.65. The molecule has 128 valence electrons. The van der Waals surface area contributed by atoms with Crippen LogP contribution in [0.15, 0.2) is 53.4 Å². The first-order valence-electron chi connectivity index (χ1n) is 7.21. The molecule has 0 N–H and O–H groups in total. The van der Waals surface area contributed by atoms with Gasteiger partial charge >= 0.3 is 0 Å².